The number of nitrogens with zero attached hydrogens (tertiary/aromatic N) is 2. The van der Waals surface area contributed by atoms with Gasteiger partial charge in [-0.25, -0.2) is 9.18 Å². The molecule has 3 aromatic rings. The van der Waals surface area contributed by atoms with Crippen LogP contribution in [0.4, 0.5) is 4.39 Å². The van der Waals surface area contributed by atoms with Gasteiger partial charge in [0.1, 0.15) is 5.82 Å². The second kappa shape index (κ2) is 6.78. The van der Waals surface area contributed by atoms with Crippen LogP contribution in [-0.2, 0) is 11.2 Å². The Bertz CT molecular complexity index is 999. The number of imidazole rings is 1. The topological polar surface area (TPSA) is 58.1 Å². The number of H-pyrrole nitrogens is 1. The van der Waals surface area contributed by atoms with Gasteiger partial charge < -0.3 is 9.88 Å². The number of carbonyl (C=O) groups is 1. The fourth-order valence-electron chi connectivity index (χ4n) is 3.73. The summed E-state index contributed by atoms with van der Waals surface area (Å²) >= 11 is 0. The molecule has 26 heavy (non-hydrogen) atoms. The van der Waals surface area contributed by atoms with Crippen molar-refractivity contribution in [2.75, 3.05) is 13.1 Å². The van der Waals surface area contributed by atoms with Crippen LogP contribution in [0.15, 0.2) is 53.3 Å². The van der Waals surface area contributed by atoms with Gasteiger partial charge in [0.15, 0.2) is 0 Å². The molecular weight excluding hydrogens is 333 g/mol. The third kappa shape index (κ3) is 3.03. The normalized spacial score (nSPS) is 15.5. The molecule has 1 aliphatic rings. The minimum absolute atomic E-state index is 0.0659. The first-order valence-electron chi connectivity index (χ1n) is 8.84. The highest BCUT2D eigenvalue weighted by Gasteiger charge is 2.26. The fraction of sp³-hybridized carbons (Fsp3) is 0.300. The number of rotatable bonds is 3. The van der Waals surface area contributed by atoms with Crippen LogP contribution in [0.25, 0.3) is 11.0 Å². The van der Waals surface area contributed by atoms with Crippen LogP contribution in [0.1, 0.15) is 24.4 Å². The van der Waals surface area contributed by atoms with E-state index in [1.54, 1.807) is 27.7 Å². The average molecular weight is 353 g/mol. The molecule has 1 saturated heterocycles. The molecule has 0 bridgehead atoms. The van der Waals surface area contributed by atoms with E-state index in [4.69, 9.17) is 0 Å². The van der Waals surface area contributed by atoms with Crippen molar-refractivity contribution in [2.45, 2.75) is 25.3 Å². The Labute approximate surface area is 150 Å². The maximum absolute atomic E-state index is 13.7. The van der Waals surface area contributed by atoms with E-state index in [2.05, 4.69) is 4.98 Å². The van der Waals surface area contributed by atoms with E-state index in [0.717, 1.165) is 11.0 Å². The summed E-state index contributed by atoms with van der Waals surface area (Å²) in [5, 5.41) is 0. The van der Waals surface area contributed by atoms with E-state index in [0.29, 0.717) is 31.5 Å². The molecule has 0 unspecified atom stereocenters. The highest BCUT2D eigenvalue weighted by atomic mass is 19.1. The molecule has 4 rings (SSSR count). The van der Waals surface area contributed by atoms with Gasteiger partial charge in [-0.15, -0.1) is 0 Å². The number of para-hydroxylation sites is 2. The third-order valence-electron chi connectivity index (χ3n) is 5.11. The van der Waals surface area contributed by atoms with E-state index in [1.807, 2.05) is 24.3 Å². The molecule has 2 aromatic carbocycles. The highest BCUT2D eigenvalue weighted by molar-refractivity contribution is 5.79. The molecule has 1 aromatic heterocycles. The number of halogens is 1. The number of aromatic amines is 1. The molecule has 1 aliphatic heterocycles. The Morgan fingerprint density at radius 2 is 1.77 bits per heavy atom. The van der Waals surface area contributed by atoms with Crippen LogP contribution >= 0.6 is 0 Å². The van der Waals surface area contributed by atoms with Crippen LogP contribution in [0.5, 0.6) is 0 Å². The van der Waals surface area contributed by atoms with Crippen molar-refractivity contribution in [3.63, 3.8) is 0 Å². The predicted octanol–water partition coefficient (Wildman–Crippen LogP) is 2.87. The number of fused-ring (bicyclic) bond motifs is 1. The molecule has 0 radical (unpaired) electrons. The lowest BCUT2D eigenvalue weighted by Crippen LogP contribution is -2.41. The van der Waals surface area contributed by atoms with Crippen molar-refractivity contribution in [1.82, 2.24) is 14.5 Å². The summed E-state index contributed by atoms with van der Waals surface area (Å²) in [4.78, 5) is 29.4. The van der Waals surface area contributed by atoms with Gasteiger partial charge in [-0.3, -0.25) is 9.36 Å². The Morgan fingerprint density at radius 1 is 1.08 bits per heavy atom. The van der Waals surface area contributed by atoms with E-state index >= 15 is 0 Å². The fourth-order valence-corrected chi connectivity index (χ4v) is 3.73. The molecule has 1 amide bonds. The SMILES string of the molecule is O=C(Cc1ccccc1F)N1CCC(n2c(=O)[nH]c3ccccc32)CC1. The van der Waals surface area contributed by atoms with Crippen molar-refractivity contribution >= 4 is 16.9 Å². The molecule has 0 atom stereocenters. The Balaban J connectivity index is 1.45. The molecule has 0 spiro atoms. The largest absolute Gasteiger partial charge is 0.342 e. The number of piperidine rings is 1. The van der Waals surface area contributed by atoms with Crippen molar-refractivity contribution in [2.24, 2.45) is 0 Å². The van der Waals surface area contributed by atoms with Crippen LogP contribution in [-0.4, -0.2) is 33.4 Å². The third-order valence-corrected chi connectivity index (χ3v) is 5.11. The monoisotopic (exact) mass is 353 g/mol. The predicted molar refractivity (Wildman–Crippen MR) is 97.5 cm³/mol. The molecule has 5 nitrogen and oxygen atoms in total. The summed E-state index contributed by atoms with van der Waals surface area (Å²) in [6.45, 7) is 1.15. The summed E-state index contributed by atoms with van der Waals surface area (Å²) in [7, 11) is 0. The molecule has 1 fully saturated rings. The van der Waals surface area contributed by atoms with Crippen LogP contribution in [0.2, 0.25) is 0 Å². The molecule has 0 aliphatic carbocycles. The standard InChI is InChI=1S/C20H20FN3O2/c21-16-6-2-1-5-14(16)13-19(25)23-11-9-15(10-12-23)24-18-8-4-3-7-17(18)22-20(24)26/h1-8,15H,9-13H2,(H,22,26). The summed E-state index contributed by atoms with van der Waals surface area (Å²) in [6.07, 6.45) is 1.50. The Morgan fingerprint density at radius 3 is 2.54 bits per heavy atom. The van der Waals surface area contributed by atoms with E-state index in [-0.39, 0.29) is 29.9 Å². The van der Waals surface area contributed by atoms with Crippen molar-refractivity contribution < 1.29 is 9.18 Å². The Hall–Kier alpha value is -2.89. The van der Waals surface area contributed by atoms with E-state index < -0.39 is 0 Å². The van der Waals surface area contributed by atoms with Gasteiger partial charge in [-0.2, -0.15) is 0 Å². The molecule has 134 valence electrons. The van der Waals surface area contributed by atoms with E-state index in [9.17, 15) is 14.0 Å². The molecule has 6 heteroatoms. The second-order valence-corrected chi connectivity index (χ2v) is 6.70. The van der Waals surface area contributed by atoms with E-state index in [1.165, 1.54) is 6.07 Å². The number of nitrogens with one attached hydrogen (secondary N) is 1. The quantitative estimate of drug-likeness (QED) is 0.787. The molecule has 2 heterocycles. The lowest BCUT2D eigenvalue weighted by Gasteiger charge is -2.32. The van der Waals surface area contributed by atoms with Gasteiger partial charge in [0, 0.05) is 19.1 Å². The number of hydrogen-bond donors (Lipinski definition) is 1. The smallest absolute Gasteiger partial charge is 0.326 e. The first-order chi connectivity index (χ1) is 12.6. The van der Waals surface area contributed by atoms with Crippen molar-refractivity contribution in [3.8, 4) is 0 Å². The van der Waals surface area contributed by atoms with Crippen LogP contribution < -0.4 is 5.69 Å². The zero-order chi connectivity index (χ0) is 18.1. The summed E-state index contributed by atoms with van der Waals surface area (Å²) in [5.41, 5.74) is 2.04. The lowest BCUT2D eigenvalue weighted by molar-refractivity contribution is -0.131. The minimum atomic E-state index is -0.346. The number of carbonyl (C=O) groups excluding carboxylic acids is 1. The summed E-state index contributed by atoms with van der Waals surface area (Å²) < 4.78 is 15.5. The molecular formula is C20H20FN3O2. The maximum Gasteiger partial charge on any atom is 0.326 e. The van der Waals surface area contributed by atoms with Crippen molar-refractivity contribution in [1.29, 1.82) is 0 Å². The molecule has 1 N–H and O–H groups in total. The van der Waals surface area contributed by atoms with Crippen LogP contribution in [0, 0.1) is 5.82 Å². The first-order valence-corrected chi connectivity index (χ1v) is 8.84. The number of hydrogen-bond acceptors (Lipinski definition) is 2. The number of aromatic nitrogens is 2. The van der Waals surface area contributed by atoms with Gasteiger partial charge in [-0.05, 0) is 36.6 Å². The zero-order valence-corrected chi connectivity index (χ0v) is 14.3. The maximum atomic E-state index is 13.7. The summed E-state index contributed by atoms with van der Waals surface area (Å²) in [5.74, 6) is -0.416. The van der Waals surface area contributed by atoms with Gasteiger partial charge in [0.05, 0.1) is 17.5 Å². The van der Waals surface area contributed by atoms with Gasteiger partial charge in [0.25, 0.3) is 0 Å². The lowest BCUT2D eigenvalue weighted by atomic mass is 10.0. The first kappa shape index (κ1) is 16.6. The van der Waals surface area contributed by atoms with Gasteiger partial charge >= 0.3 is 5.69 Å². The second-order valence-electron chi connectivity index (χ2n) is 6.70. The zero-order valence-electron chi connectivity index (χ0n) is 14.3. The van der Waals surface area contributed by atoms with Gasteiger partial charge in [-0.1, -0.05) is 30.3 Å². The number of benzene rings is 2. The average Bonchev–Trinajstić information content (AvgIpc) is 2.99. The molecule has 0 saturated carbocycles. The van der Waals surface area contributed by atoms with Crippen LogP contribution in [0.3, 0.4) is 0 Å². The Kier molecular flexibility index (Phi) is 4.32. The highest BCUT2D eigenvalue weighted by Crippen LogP contribution is 2.25. The number of likely N-dealkylation sites (tertiary alicyclic amines) is 1. The number of amides is 1. The van der Waals surface area contributed by atoms with Crippen molar-refractivity contribution in [3.05, 3.63) is 70.4 Å². The van der Waals surface area contributed by atoms with Gasteiger partial charge in [0.2, 0.25) is 5.91 Å². The minimum Gasteiger partial charge on any atom is -0.342 e. The summed E-state index contributed by atoms with van der Waals surface area (Å²) in [6, 6.07) is 14.1.